The van der Waals surface area contributed by atoms with Crippen LogP contribution >= 0.6 is 15.9 Å². The van der Waals surface area contributed by atoms with Crippen molar-refractivity contribution in [2.24, 2.45) is 0 Å². The molecular weight excluding hydrogens is 326 g/mol. The predicted octanol–water partition coefficient (Wildman–Crippen LogP) is 3.23. The van der Waals surface area contributed by atoms with E-state index < -0.39 is 0 Å². The van der Waals surface area contributed by atoms with E-state index in [4.69, 9.17) is 0 Å². The van der Waals surface area contributed by atoms with Crippen molar-refractivity contribution in [1.82, 2.24) is 10.2 Å². The highest BCUT2D eigenvalue weighted by Crippen LogP contribution is 2.29. The van der Waals surface area contributed by atoms with E-state index in [-0.39, 0.29) is 0 Å². The van der Waals surface area contributed by atoms with Crippen LogP contribution in [0.3, 0.4) is 0 Å². The molecule has 2 heterocycles. The minimum absolute atomic E-state index is 0.771. The number of rotatable bonds is 5. The third-order valence-corrected chi connectivity index (χ3v) is 5.53. The lowest BCUT2D eigenvalue weighted by atomic mass is 10.2. The van der Waals surface area contributed by atoms with Crippen LogP contribution in [-0.4, -0.2) is 43.7 Å². The van der Waals surface area contributed by atoms with E-state index in [0.29, 0.717) is 0 Å². The van der Waals surface area contributed by atoms with E-state index in [9.17, 15) is 0 Å². The zero-order chi connectivity index (χ0) is 14.7. The van der Waals surface area contributed by atoms with Gasteiger partial charge in [0.15, 0.2) is 0 Å². The highest BCUT2D eigenvalue weighted by molar-refractivity contribution is 9.10. The summed E-state index contributed by atoms with van der Waals surface area (Å²) in [5.41, 5.74) is 2.71. The molecule has 0 saturated carbocycles. The van der Waals surface area contributed by atoms with Crippen LogP contribution in [0.15, 0.2) is 22.7 Å². The van der Waals surface area contributed by atoms with E-state index >= 15 is 0 Å². The molecule has 0 aromatic heterocycles. The monoisotopic (exact) mass is 351 g/mol. The fourth-order valence-corrected chi connectivity index (χ4v) is 4.02. The van der Waals surface area contributed by atoms with Gasteiger partial charge in [-0.05, 0) is 56.6 Å². The van der Waals surface area contributed by atoms with Crippen molar-refractivity contribution >= 4 is 21.6 Å². The number of hydrogen-bond donors (Lipinski definition) is 1. The first kappa shape index (κ1) is 15.3. The number of nitrogens with zero attached hydrogens (tertiary/aromatic N) is 2. The molecule has 1 atom stereocenters. The van der Waals surface area contributed by atoms with Gasteiger partial charge in [-0.1, -0.05) is 28.9 Å². The number of anilines is 1. The van der Waals surface area contributed by atoms with Crippen LogP contribution in [0.1, 0.15) is 31.7 Å². The van der Waals surface area contributed by atoms with Gasteiger partial charge in [0.1, 0.15) is 0 Å². The number of benzene rings is 1. The predicted molar refractivity (Wildman–Crippen MR) is 92.9 cm³/mol. The Balaban J connectivity index is 1.63. The maximum absolute atomic E-state index is 3.73. The Morgan fingerprint density at radius 3 is 2.76 bits per heavy atom. The van der Waals surface area contributed by atoms with Gasteiger partial charge in [0.2, 0.25) is 0 Å². The summed E-state index contributed by atoms with van der Waals surface area (Å²) in [7, 11) is 0. The van der Waals surface area contributed by atoms with Crippen molar-refractivity contribution in [3.05, 3.63) is 28.2 Å². The van der Waals surface area contributed by atoms with Crippen molar-refractivity contribution in [2.45, 2.75) is 38.8 Å². The molecule has 0 aliphatic carbocycles. The maximum atomic E-state index is 3.73. The zero-order valence-electron chi connectivity index (χ0n) is 12.9. The average Bonchev–Trinajstić information content (AvgIpc) is 3.16. The van der Waals surface area contributed by atoms with E-state index in [1.54, 1.807) is 0 Å². The molecule has 0 bridgehead atoms. The number of halogens is 1. The summed E-state index contributed by atoms with van der Waals surface area (Å²) in [6.45, 7) is 9.10. The largest absolute Gasteiger partial charge is 0.370 e. The smallest absolute Gasteiger partial charge is 0.0378 e. The van der Waals surface area contributed by atoms with Gasteiger partial charge >= 0.3 is 0 Å². The first-order valence-electron chi connectivity index (χ1n) is 8.26. The lowest BCUT2D eigenvalue weighted by Crippen LogP contribution is -2.35. The van der Waals surface area contributed by atoms with Crippen LogP contribution in [0.5, 0.6) is 0 Å². The quantitative estimate of drug-likeness (QED) is 0.878. The lowest BCUT2D eigenvalue weighted by Gasteiger charge is -2.24. The molecule has 1 aromatic carbocycles. The van der Waals surface area contributed by atoms with Crippen LogP contribution in [0.4, 0.5) is 5.69 Å². The van der Waals surface area contributed by atoms with E-state index in [1.807, 2.05) is 0 Å². The summed E-state index contributed by atoms with van der Waals surface area (Å²) in [5.74, 6) is 0. The Morgan fingerprint density at radius 1 is 1.24 bits per heavy atom. The van der Waals surface area contributed by atoms with Gasteiger partial charge < -0.3 is 10.2 Å². The molecular formula is C17H26BrN3. The van der Waals surface area contributed by atoms with Crippen LogP contribution in [0.2, 0.25) is 0 Å². The summed E-state index contributed by atoms with van der Waals surface area (Å²) in [4.78, 5) is 5.24. The van der Waals surface area contributed by atoms with Crippen molar-refractivity contribution < 1.29 is 0 Å². The molecule has 3 rings (SSSR count). The molecule has 2 aliphatic heterocycles. The second-order valence-corrected chi connectivity index (χ2v) is 7.04. The Morgan fingerprint density at radius 2 is 2.05 bits per heavy atom. The summed E-state index contributed by atoms with van der Waals surface area (Å²) in [5, 5.41) is 3.39. The molecule has 0 radical (unpaired) electrons. The summed E-state index contributed by atoms with van der Waals surface area (Å²) < 4.78 is 1.23. The normalized spacial score (nSPS) is 23.1. The van der Waals surface area contributed by atoms with Gasteiger partial charge in [-0.3, -0.25) is 4.90 Å². The van der Waals surface area contributed by atoms with Crippen LogP contribution in [-0.2, 0) is 6.54 Å². The molecule has 3 nitrogen and oxygen atoms in total. The first-order valence-corrected chi connectivity index (χ1v) is 9.05. The standard InChI is InChI=1S/C17H26BrN3/c1-2-19-12-14-5-6-15(11-17(14)18)21-10-7-16(13-21)20-8-3-4-9-20/h5-6,11,16,19H,2-4,7-10,12-13H2,1H3. The molecule has 4 heteroatoms. The second kappa shape index (κ2) is 7.12. The van der Waals surface area contributed by atoms with Crippen molar-refractivity contribution in [3.63, 3.8) is 0 Å². The number of hydrogen-bond acceptors (Lipinski definition) is 3. The fraction of sp³-hybridized carbons (Fsp3) is 0.647. The maximum Gasteiger partial charge on any atom is 0.0378 e. The molecule has 21 heavy (non-hydrogen) atoms. The van der Waals surface area contributed by atoms with Crippen molar-refractivity contribution in [3.8, 4) is 0 Å². The molecule has 0 spiro atoms. The topological polar surface area (TPSA) is 18.5 Å². The van der Waals surface area contributed by atoms with Crippen molar-refractivity contribution in [2.75, 3.05) is 37.6 Å². The van der Waals surface area contributed by atoms with Gasteiger partial charge in [-0.15, -0.1) is 0 Å². The fourth-order valence-electron chi connectivity index (χ4n) is 3.52. The summed E-state index contributed by atoms with van der Waals surface area (Å²) in [6, 6.07) is 7.60. The summed E-state index contributed by atoms with van der Waals surface area (Å²) in [6.07, 6.45) is 4.10. The summed E-state index contributed by atoms with van der Waals surface area (Å²) >= 11 is 3.73. The molecule has 0 amide bonds. The Kier molecular flexibility index (Phi) is 5.19. The second-order valence-electron chi connectivity index (χ2n) is 6.19. The third-order valence-electron chi connectivity index (χ3n) is 4.79. The minimum atomic E-state index is 0.771. The van der Waals surface area contributed by atoms with Crippen molar-refractivity contribution in [1.29, 1.82) is 0 Å². The SMILES string of the molecule is CCNCc1ccc(N2CCC(N3CCCC3)C2)cc1Br. The van der Waals surface area contributed by atoms with Crippen LogP contribution in [0, 0.1) is 0 Å². The Hall–Kier alpha value is -0.580. The van der Waals surface area contributed by atoms with Crippen LogP contribution in [0.25, 0.3) is 0 Å². The van der Waals surface area contributed by atoms with E-state index in [2.05, 4.69) is 56.2 Å². The molecule has 2 fully saturated rings. The number of nitrogens with one attached hydrogen (secondary N) is 1. The highest BCUT2D eigenvalue weighted by atomic mass is 79.9. The van der Waals surface area contributed by atoms with Gasteiger partial charge in [0, 0.05) is 35.8 Å². The number of likely N-dealkylation sites (tertiary alicyclic amines) is 1. The molecule has 2 saturated heterocycles. The highest BCUT2D eigenvalue weighted by Gasteiger charge is 2.29. The Bertz CT molecular complexity index is 471. The minimum Gasteiger partial charge on any atom is -0.370 e. The third kappa shape index (κ3) is 3.61. The molecule has 1 aromatic rings. The average molecular weight is 352 g/mol. The zero-order valence-corrected chi connectivity index (χ0v) is 14.5. The van der Waals surface area contributed by atoms with E-state index in [1.165, 1.54) is 61.2 Å². The van der Waals surface area contributed by atoms with Gasteiger partial charge in [-0.25, -0.2) is 0 Å². The first-order chi connectivity index (χ1) is 10.3. The Labute approximate surface area is 136 Å². The molecule has 2 aliphatic rings. The molecule has 1 N–H and O–H groups in total. The van der Waals surface area contributed by atoms with E-state index in [0.717, 1.165) is 19.1 Å². The van der Waals surface area contributed by atoms with Crippen LogP contribution < -0.4 is 10.2 Å². The lowest BCUT2D eigenvalue weighted by molar-refractivity contribution is 0.260. The van der Waals surface area contributed by atoms with Gasteiger partial charge in [0.05, 0.1) is 0 Å². The molecule has 116 valence electrons. The molecule has 1 unspecified atom stereocenters. The van der Waals surface area contributed by atoms with Gasteiger partial charge in [-0.2, -0.15) is 0 Å². The van der Waals surface area contributed by atoms with Gasteiger partial charge in [0.25, 0.3) is 0 Å².